The van der Waals surface area contributed by atoms with E-state index in [1.54, 1.807) is 13.2 Å². The fourth-order valence-electron chi connectivity index (χ4n) is 5.18. The minimum absolute atomic E-state index is 0.0928. The van der Waals surface area contributed by atoms with Crippen LogP contribution in [0.3, 0.4) is 0 Å². The Hall–Kier alpha value is -3.29. The van der Waals surface area contributed by atoms with Crippen molar-refractivity contribution >= 4 is 5.91 Å². The average Bonchev–Trinajstić information content (AvgIpc) is 3.32. The number of hydrogen-bond acceptors (Lipinski definition) is 5. The monoisotopic (exact) mass is 420 g/mol. The van der Waals surface area contributed by atoms with Crippen molar-refractivity contribution in [3.05, 3.63) is 65.0 Å². The number of fused-ring (bicyclic) bond motifs is 1. The number of aryl methyl sites for hydroxylation is 1. The van der Waals surface area contributed by atoms with Gasteiger partial charge in [-0.25, -0.2) is 4.68 Å². The Balaban J connectivity index is 1.74. The number of aromatic nitrogens is 2. The molecule has 1 unspecified atom stereocenters. The van der Waals surface area contributed by atoms with Gasteiger partial charge in [-0.05, 0) is 37.5 Å². The Kier molecular flexibility index (Phi) is 4.19. The van der Waals surface area contributed by atoms with E-state index in [-0.39, 0.29) is 17.6 Å². The first-order chi connectivity index (χ1) is 14.8. The van der Waals surface area contributed by atoms with Gasteiger partial charge in [-0.15, -0.1) is 0 Å². The highest BCUT2D eigenvalue weighted by Crippen LogP contribution is 2.51. The molecule has 0 fully saturated rings. The number of azo groups is 1. The summed E-state index contributed by atoms with van der Waals surface area (Å²) >= 11 is 0. The van der Waals surface area contributed by atoms with Gasteiger partial charge in [0.2, 0.25) is 5.95 Å². The number of halogens is 1. The van der Waals surface area contributed by atoms with Crippen molar-refractivity contribution in [2.45, 2.75) is 50.7 Å². The van der Waals surface area contributed by atoms with Crippen LogP contribution in [0.15, 0.2) is 63.7 Å². The minimum atomic E-state index is -0.704. The zero-order valence-electron chi connectivity index (χ0n) is 18.0. The molecule has 0 radical (unpaired) electrons. The Morgan fingerprint density at radius 2 is 2.13 bits per heavy atom. The Morgan fingerprint density at radius 1 is 1.32 bits per heavy atom. The summed E-state index contributed by atoms with van der Waals surface area (Å²) in [5.41, 5.74) is 3.54. The number of hydrogen-bond donors (Lipinski definition) is 2. The van der Waals surface area contributed by atoms with Crippen LogP contribution in [-0.2, 0) is 17.3 Å². The lowest BCUT2D eigenvalue weighted by atomic mass is 9.62. The van der Waals surface area contributed by atoms with Crippen molar-refractivity contribution in [2.24, 2.45) is 17.3 Å². The summed E-state index contributed by atoms with van der Waals surface area (Å²) in [7, 11) is 1.57. The lowest BCUT2D eigenvalue weighted by molar-refractivity contribution is -0.120. The molecule has 7 nitrogen and oxygen atoms in total. The molecule has 2 atom stereocenters. The normalized spacial score (nSPS) is 26.2. The molecular weight excluding hydrogens is 395 g/mol. The van der Waals surface area contributed by atoms with Gasteiger partial charge in [0.1, 0.15) is 0 Å². The maximum atomic E-state index is 14.6. The molecule has 2 aromatic rings. The van der Waals surface area contributed by atoms with Crippen molar-refractivity contribution in [2.75, 3.05) is 0 Å². The molecule has 0 saturated heterocycles. The largest absolute Gasteiger partial charge is 0.362 e. The number of carbonyl (C=O) groups is 1. The van der Waals surface area contributed by atoms with E-state index >= 15 is 0 Å². The van der Waals surface area contributed by atoms with Gasteiger partial charge in [-0.2, -0.15) is 19.7 Å². The van der Waals surface area contributed by atoms with E-state index in [0.29, 0.717) is 24.0 Å². The molecule has 2 N–H and O–H groups in total. The van der Waals surface area contributed by atoms with Gasteiger partial charge < -0.3 is 10.6 Å². The number of amides is 1. The van der Waals surface area contributed by atoms with E-state index in [0.717, 1.165) is 22.4 Å². The SMILES string of the molecule is CC[C@]1(c2cccc(-c3cnn(C)c3F)c2)C2=CN=NC2NC2=C1C(=O)NC(C)(C)C2. The van der Waals surface area contributed by atoms with Gasteiger partial charge in [-0.3, -0.25) is 4.79 Å². The lowest BCUT2D eigenvalue weighted by Crippen LogP contribution is -2.58. The van der Waals surface area contributed by atoms with Crippen LogP contribution in [0.4, 0.5) is 4.39 Å². The predicted octanol–water partition coefficient (Wildman–Crippen LogP) is 3.71. The molecule has 31 heavy (non-hydrogen) atoms. The molecular formula is C23H25FN6O. The van der Waals surface area contributed by atoms with Crippen molar-refractivity contribution in [3.63, 3.8) is 0 Å². The highest BCUT2D eigenvalue weighted by molar-refractivity contribution is 6.00. The van der Waals surface area contributed by atoms with Crippen LogP contribution in [0.25, 0.3) is 11.1 Å². The smallest absolute Gasteiger partial charge is 0.250 e. The third-order valence-corrected chi connectivity index (χ3v) is 6.57. The summed E-state index contributed by atoms with van der Waals surface area (Å²) in [5.74, 6) is -0.488. The quantitative estimate of drug-likeness (QED) is 0.794. The molecule has 0 spiro atoms. The van der Waals surface area contributed by atoms with Gasteiger partial charge >= 0.3 is 0 Å². The first kappa shape index (κ1) is 19.7. The summed E-state index contributed by atoms with van der Waals surface area (Å²) in [4.78, 5) is 13.4. The van der Waals surface area contributed by atoms with Crippen molar-refractivity contribution < 1.29 is 9.18 Å². The second kappa shape index (κ2) is 6.60. The van der Waals surface area contributed by atoms with Crippen molar-refractivity contribution in [1.82, 2.24) is 20.4 Å². The number of carbonyl (C=O) groups excluding carboxylic acids is 1. The van der Waals surface area contributed by atoms with E-state index in [2.05, 4.69) is 32.9 Å². The van der Waals surface area contributed by atoms with Crippen LogP contribution in [-0.4, -0.2) is 27.4 Å². The molecule has 1 aromatic heterocycles. The van der Waals surface area contributed by atoms with Crippen LogP contribution in [0.1, 0.15) is 39.2 Å². The summed E-state index contributed by atoms with van der Waals surface area (Å²) in [6, 6.07) is 7.73. The van der Waals surface area contributed by atoms with Crippen LogP contribution >= 0.6 is 0 Å². The zero-order valence-corrected chi connectivity index (χ0v) is 18.0. The van der Waals surface area contributed by atoms with Crippen LogP contribution in [0, 0.1) is 5.95 Å². The molecule has 160 valence electrons. The second-order valence-corrected chi connectivity index (χ2v) is 9.04. The molecule has 3 aliphatic heterocycles. The maximum absolute atomic E-state index is 14.6. The fourth-order valence-corrected chi connectivity index (χ4v) is 5.18. The van der Waals surface area contributed by atoms with E-state index in [1.165, 1.54) is 10.9 Å². The first-order valence-electron chi connectivity index (χ1n) is 10.5. The Morgan fingerprint density at radius 3 is 2.84 bits per heavy atom. The van der Waals surface area contributed by atoms with E-state index < -0.39 is 11.4 Å². The highest BCUT2D eigenvalue weighted by Gasteiger charge is 2.53. The van der Waals surface area contributed by atoms with E-state index in [9.17, 15) is 9.18 Å². The van der Waals surface area contributed by atoms with Crippen molar-refractivity contribution in [1.29, 1.82) is 0 Å². The Labute approximate surface area is 180 Å². The van der Waals surface area contributed by atoms with E-state index in [4.69, 9.17) is 0 Å². The summed E-state index contributed by atoms with van der Waals surface area (Å²) in [6.45, 7) is 6.09. The van der Waals surface area contributed by atoms with Gasteiger partial charge in [0.15, 0.2) is 6.17 Å². The van der Waals surface area contributed by atoms with Gasteiger partial charge in [-0.1, -0.05) is 25.1 Å². The van der Waals surface area contributed by atoms with Gasteiger partial charge in [0.05, 0.1) is 28.9 Å². The molecule has 0 aliphatic carbocycles. The average molecular weight is 420 g/mol. The number of rotatable bonds is 3. The lowest BCUT2D eigenvalue weighted by Gasteiger charge is -2.48. The third-order valence-electron chi connectivity index (χ3n) is 6.57. The summed E-state index contributed by atoms with van der Waals surface area (Å²) in [6.07, 6.45) is 4.30. The standard InChI is InChI=1S/C23H25FN6O/c1-5-23(14-8-6-7-13(9-14)15-11-26-30(4)19(15)24)16-12-25-29-20(16)27-17-10-22(2,3)28-21(31)18(17)23/h6-9,11-12,20,27H,5,10H2,1-4H3,(H,28,31)/t20?,23-/m0/s1. The predicted molar refractivity (Wildman–Crippen MR) is 114 cm³/mol. The molecule has 0 bridgehead atoms. The maximum Gasteiger partial charge on any atom is 0.250 e. The van der Waals surface area contributed by atoms with Gasteiger partial charge in [0.25, 0.3) is 5.91 Å². The molecule has 5 rings (SSSR count). The van der Waals surface area contributed by atoms with Crippen LogP contribution < -0.4 is 10.6 Å². The fraction of sp³-hybridized carbons (Fsp3) is 0.391. The molecule has 3 aliphatic rings. The van der Waals surface area contributed by atoms with Crippen molar-refractivity contribution in [3.8, 4) is 11.1 Å². The molecule has 0 saturated carbocycles. The number of nitrogens with zero attached hydrogens (tertiary/aromatic N) is 4. The van der Waals surface area contributed by atoms with Crippen LogP contribution in [0.5, 0.6) is 0 Å². The highest BCUT2D eigenvalue weighted by atomic mass is 19.1. The van der Waals surface area contributed by atoms with E-state index in [1.807, 2.05) is 38.1 Å². The molecule has 1 amide bonds. The number of nitrogens with one attached hydrogen (secondary N) is 2. The summed E-state index contributed by atoms with van der Waals surface area (Å²) < 4.78 is 15.8. The topological polar surface area (TPSA) is 83.7 Å². The third kappa shape index (κ3) is 2.77. The first-order valence-corrected chi connectivity index (χ1v) is 10.5. The van der Waals surface area contributed by atoms with Crippen LogP contribution in [0.2, 0.25) is 0 Å². The summed E-state index contributed by atoms with van der Waals surface area (Å²) in [5, 5.41) is 19.2. The zero-order chi connectivity index (χ0) is 22.0. The molecule has 8 heteroatoms. The molecule has 1 aromatic carbocycles. The number of benzene rings is 1. The second-order valence-electron chi connectivity index (χ2n) is 9.04. The van der Waals surface area contributed by atoms with Gasteiger partial charge in [0, 0.05) is 30.3 Å². The Bertz CT molecular complexity index is 1190. The minimum Gasteiger partial charge on any atom is -0.362 e. The molecule has 4 heterocycles.